The van der Waals surface area contributed by atoms with Crippen molar-refractivity contribution in [3.05, 3.63) is 119 Å². The molecule has 1 aromatic heterocycles. The van der Waals surface area contributed by atoms with E-state index in [2.05, 4.69) is 135 Å². The third-order valence-corrected chi connectivity index (χ3v) is 13.5. The van der Waals surface area contributed by atoms with E-state index in [1.165, 1.54) is 149 Å². The molecule has 4 heterocycles. The molecule has 0 amide bonds. The van der Waals surface area contributed by atoms with Crippen LogP contribution in [0.25, 0.3) is 38.5 Å². The molecule has 0 saturated carbocycles. The van der Waals surface area contributed by atoms with Gasteiger partial charge in [0.2, 0.25) is 5.52 Å². The van der Waals surface area contributed by atoms with Crippen molar-refractivity contribution in [2.75, 3.05) is 50.7 Å². The van der Waals surface area contributed by atoms with Crippen molar-refractivity contribution in [3.63, 3.8) is 0 Å². The predicted octanol–water partition coefficient (Wildman–Crippen LogP) is 11.5. The number of benzene rings is 4. The first kappa shape index (κ1) is 36.3. The molecule has 6 heteroatoms. The Labute approximate surface area is 325 Å². The number of likely N-dealkylation sites (tertiary alicyclic amines) is 2. The van der Waals surface area contributed by atoms with E-state index in [0.717, 1.165) is 19.5 Å². The summed E-state index contributed by atoms with van der Waals surface area (Å²) in [5.74, 6) is 0. The Morgan fingerprint density at radius 1 is 0.660 bits per heavy atom. The van der Waals surface area contributed by atoms with Crippen molar-refractivity contribution in [1.29, 1.82) is 0 Å². The summed E-state index contributed by atoms with van der Waals surface area (Å²) in [5.41, 5.74) is 9.27. The largest absolute Gasteiger partial charge is 0.335 e. The molecule has 4 nitrogen and oxygen atoms in total. The lowest BCUT2D eigenvalue weighted by molar-refractivity contribution is -0.669. The number of aryl methyl sites for hydroxylation is 1. The maximum absolute atomic E-state index is 2.68. The van der Waals surface area contributed by atoms with Gasteiger partial charge < -0.3 is 14.7 Å². The fraction of sp³-hybridized carbons (Fsp3) is 0.383. The van der Waals surface area contributed by atoms with Gasteiger partial charge >= 0.3 is 0 Å². The van der Waals surface area contributed by atoms with Gasteiger partial charge in [-0.2, -0.15) is 4.57 Å². The van der Waals surface area contributed by atoms with Crippen LogP contribution in [0.15, 0.2) is 119 Å². The second-order valence-electron chi connectivity index (χ2n) is 15.0. The van der Waals surface area contributed by atoms with Crippen LogP contribution in [0.4, 0.5) is 5.69 Å². The lowest BCUT2D eigenvalue weighted by atomic mass is 10.0. The highest BCUT2D eigenvalue weighted by Crippen LogP contribution is 2.48. The number of anilines is 1. The van der Waals surface area contributed by atoms with Crippen molar-refractivity contribution >= 4 is 45.1 Å². The van der Waals surface area contributed by atoms with Crippen molar-refractivity contribution in [2.24, 2.45) is 0 Å². The number of allylic oxidation sites excluding steroid dienone is 2. The second-order valence-corrected chi connectivity index (χ2v) is 17.1. The van der Waals surface area contributed by atoms with Crippen LogP contribution < -0.4 is 9.47 Å². The van der Waals surface area contributed by atoms with Gasteiger partial charge in [-0.25, -0.2) is 0 Å². The summed E-state index contributed by atoms with van der Waals surface area (Å²) in [7, 11) is 0. The number of thiazole rings is 1. The maximum Gasteiger partial charge on any atom is 0.263 e. The highest BCUT2D eigenvalue weighted by Gasteiger charge is 2.27. The summed E-state index contributed by atoms with van der Waals surface area (Å²) in [6, 6.07) is 35.9. The highest BCUT2D eigenvalue weighted by atomic mass is 32.2. The van der Waals surface area contributed by atoms with Crippen LogP contribution in [0, 0.1) is 0 Å². The predicted molar refractivity (Wildman–Crippen MR) is 229 cm³/mol. The SMILES string of the molecule is CCC(=Cc1sc2ccc(-c3ccccc3)cc2[n+]1CCCN1CCCCC1)C=C1Sc2ccc(-c3ccccc3)cc2N1CCCN1CCCCC1. The van der Waals surface area contributed by atoms with Gasteiger partial charge in [-0.3, -0.25) is 0 Å². The molecule has 0 N–H and O–H groups in total. The van der Waals surface area contributed by atoms with Crippen molar-refractivity contribution in [3.8, 4) is 22.3 Å². The molecule has 5 aromatic rings. The number of aromatic nitrogens is 1. The van der Waals surface area contributed by atoms with Crippen LogP contribution >= 0.6 is 23.1 Å². The first-order chi connectivity index (χ1) is 26.2. The smallest absolute Gasteiger partial charge is 0.263 e. The summed E-state index contributed by atoms with van der Waals surface area (Å²) < 4.78 is 4.00. The Bertz CT molecular complexity index is 2020. The van der Waals surface area contributed by atoms with E-state index in [-0.39, 0.29) is 0 Å². The Morgan fingerprint density at radius 3 is 1.94 bits per heavy atom. The van der Waals surface area contributed by atoms with E-state index in [1.807, 2.05) is 23.1 Å². The fourth-order valence-corrected chi connectivity index (χ4v) is 10.6. The second kappa shape index (κ2) is 17.6. The van der Waals surface area contributed by atoms with Crippen LogP contribution in [0.3, 0.4) is 0 Å². The monoisotopic (exact) mass is 739 g/mol. The van der Waals surface area contributed by atoms with Crippen LogP contribution in [0.1, 0.15) is 69.7 Å². The number of hydrogen-bond donors (Lipinski definition) is 0. The van der Waals surface area contributed by atoms with Crippen LogP contribution in [-0.2, 0) is 6.54 Å². The van der Waals surface area contributed by atoms with Gasteiger partial charge in [0, 0.05) is 36.5 Å². The molecule has 0 bridgehead atoms. The minimum atomic E-state index is 0.995. The fourth-order valence-electron chi connectivity index (χ4n) is 8.33. The van der Waals surface area contributed by atoms with Gasteiger partial charge in [0.1, 0.15) is 4.70 Å². The Morgan fingerprint density at radius 2 is 1.28 bits per heavy atom. The zero-order valence-corrected chi connectivity index (χ0v) is 33.2. The molecule has 274 valence electrons. The Kier molecular flexibility index (Phi) is 12.1. The number of rotatable bonds is 13. The van der Waals surface area contributed by atoms with E-state index in [1.54, 1.807) is 0 Å². The van der Waals surface area contributed by atoms with Crippen molar-refractivity contribution < 1.29 is 4.57 Å². The molecule has 0 atom stereocenters. The van der Waals surface area contributed by atoms with Gasteiger partial charge in [-0.1, -0.05) is 116 Å². The molecule has 0 spiro atoms. The summed E-state index contributed by atoms with van der Waals surface area (Å²) in [5, 5.41) is 2.72. The van der Waals surface area contributed by atoms with E-state index in [9.17, 15) is 0 Å². The average molecular weight is 740 g/mol. The van der Waals surface area contributed by atoms with Crippen molar-refractivity contribution in [2.45, 2.75) is 76.2 Å². The molecule has 8 rings (SSSR count). The topological polar surface area (TPSA) is 13.6 Å². The summed E-state index contributed by atoms with van der Waals surface area (Å²) in [6.07, 6.45) is 16.5. The zero-order valence-electron chi connectivity index (χ0n) is 31.5. The van der Waals surface area contributed by atoms with Crippen LogP contribution in [0.2, 0.25) is 0 Å². The van der Waals surface area contributed by atoms with E-state index in [0.29, 0.717) is 0 Å². The molecule has 53 heavy (non-hydrogen) atoms. The Balaban J connectivity index is 1.11. The molecule has 4 aromatic carbocycles. The minimum absolute atomic E-state index is 0.995. The average Bonchev–Trinajstić information content (AvgIpc) is 3.74. The third kappa shape index (κ3) is 8.84. The molecule has 3 aliphatic heterocycles. The molecule has 0 unspecified atom stereocenters. The molecular formula is C47H55N4S2+. The third-order valence-electron chi connectivity index (χ3n) is 11.3. The van der Waals surface area contributed by atoms with Gasteiger partial charge in [0.05, 0.1) is 10.7 Å². The standard InChI is InChI=1S/C47H55N4S2/c1-2-37(33-46-50(31-15-29-48-25-11-5-12-26-48)42-35-40(21-23-44(42)52-46)38-17-7-3-8-18-38)34-47-51(32-16-30-49-27-13-6-14-28-49)43-36-41(22-24-45(43)53-47)39-19-9-4-10-20-39/h3-4,7-10,17-24,33-36H,2,5-6,11-16,25-32H2,1H3/q+1. The van der Waals surface area contributed by atoms with E-state index < -0.39 is 0 Å². The normalized spacial score (nSPS) is 17.9. The summed E-state index contributed by atoms with van der Waals surface area (Å²) in [6.45, 7) is 11.8. The molecule has 0 radical (unpaired) electrons. The molecule has 2 saturated heterocycles. The highest BCUT2D eigenvalue weighted by molar-refractivity contribution is 8.03. The number of thioether (sulfide) groups is 1. The maximum atomic E-state index is 2.68. The molecule has 2 fully saturated rings. The first-order valence-electron chi connectivity index (χ1n) is 20.3. The lowest BCUT2D eigenvalue weighted by Gasteiger charge is -2.28. The quantitative estimate of drug-likeness (QED) is 0.112. The number of piperidine rings is 2. The van der Waals surface area contributed by atoms with Crippen LogP contribution in [-0.4, -0.2) is 55.6 Å². The van der Waals surface area contributed by atoms with E-state index >= 15 is 0 Å². The molecular weight excluding hydrogens is 685 g/mol. The molecule has 3 aliphatic rings. The number of nitrogens with zero attached hydrogens (tertiary/aromatic N) is 4. The van der Waals surface area contributed by atoms with Gasteiger partial charge in [0.15, 0.2) is 6.54 Å². The summed E-state index contributed by atoms with van der Waals surface area (Å²) >= 11 is 3.90. The molecule has 0 aliphatic carbocycles. The van der Waals surface area contributed by atoms with Gasteiger partial charge in [-0.15, -0.1) is 0 Å². The number of fused-ring (bicyclic) bond motifs is 2. The minimum Gasteiger partial charge on any atom is -0.335 e. The van der Waals surface area contributed by atoms with E-state index in [4.69, 9.17) is 0 Å². The number of hydrogen-bond acceptors (Lipinski definition) is 5. The van der Waals surface area contributed by atoms with Gasteiger partial charge in [-0.05, 0) is 123 Å². The van der Waals surface area contributed by atoms with Crippen molar-refractivity contribution in [1.82, 2.24) is 9.80 Å². The lowest BCUT2D eigenvalue weighted by Crippen LogP contribution is -2.38. The Hall–Kier alpha value is -3.68. The van der Waals surface area contributed by atoms with Crippen LogP contribution in [0.5, 0.6) is 0 Å². The van der Waals surface area contributed by atoms with Gasteiger partial charge in [0.25, 0.3) is 5.01 Å². The summed E-state index contributed by atoms with van der Waals surface area (Å²) in [4.78, 5) is 9.36. The first-order valence-corrected chi connectivity index (χ1v) is 21.9. The zero-order chi connectivity index (χ0) is 35.8.